The Balaban J connectivity index is 2.18. The van der Waals surface area contributed by atoms with E-state index in [-0.39, 0.29) is 0 Å². The molecule has 3 aromatic carbocycles. The van der Waals surface area contributed by atoms with Crippen LogP contribution in [0, 0.1) is 11.3 Å². The lowest BCUT2D eigenvalue weighted by Gasteiger charge is -2.05. The minimum absolute atomic E-state index is 0.688. The average Bonchev–Trinajstić information content (AvgIpc) is 2.53. The minimum atomic E-state index is 0.688. The molecule has 0 radical (unpaired) electrons. The van der Waals surface area contributed by atoms with Gasteiger partial charge < -0.3 is 0 Å². The molecule has 1 heteroatoms. The molecule has 0 N–H and O–H groups in total. The van der Waals surface area contributed by atoms with Gasteiger partial charge in [0.1, 0.15) is 0 Å². The summed E-state index contributed by atoms with van der Waals surface area (Å²) in [6, 6.07) is 26.4. The van der Waals surface area contributed by atoms with E-state index in [1.165, 1.54) is 0 Å². The van der Waals surface area contributed by atoms with E-state index in [1.54, 1.807) is 0 Å². The van der Waals surface area contributed by atoms with Crippen molar-refractivity contribution in [2.24, 2.45) is 0 Å². The smallest absolute Gasteiger partial charge is 0.0998 e. The van der Waals surface area contributed by atoms with Gasteiger partial charge in [-0.05, 0) is 22.4 Å². The number of nitrogens with zero attached hydrogens (tertiary/aromatic N) is 1. The Morgan fingerprint density at radius 2 is 1.50 bits per heavy atom. The van der Waals surface area contributed by atoms with Gasteiger partial charge in [0.25, 0.3) is 0 Å². The fourth-order valence-corrected chi connectivity index (χ4v) is 2.35. The molecule has 3 aromatic rings. The van der Waals surface area contributed by atoms with Crippen LogP contribution in [0.2, 0.25) is 0 Å². The predicted molar refractivity (Wildman–Crippen MR) is 83.9 cm³/mol. The molecule has 3 rings (SSSR count). The van der Waals surface area contributed by atoms with Crippen molar-refractivity contribution in [2.45, 2.75) is 0 Å². The van der Waals surface area contributed by atoms with Gasteiger partial charge in [-0.2, -0.15) is 5.26 Å². The molecule has 0 aliphatic carbocycles. The molecule has 1 nitrogen and oxygen atoms in total. The summed E-state index contributed by atoms with van der Waals surface area (Å²) in [7, 11) is 0. The first-order valence-corrected chi connectivity index (χ1v) is 6.53. The Morgan fingerprint density at radius 1 is 0.800 bits per heavy atom. The Kier molecular flexibility index (Phi) is 3.31. The van der Waals surface area contributed by atoms with Crippen LogP contribution in [0.1, 0.15) is 11.1 Å². The highest BCUT2D eigenvalue weighted by Crippen LogP contribution is 2.26. The highest BCUT2D eigenvalue weighted by molar-refractivity contribution is 6.01. The molecular formula is C19H13N. The standard InChI is InChI=1S/C19H13N/c20-14-17(13-15-7-2-1-3-8-15)19-12-6-10-16-9-4-5-11-18(16)19/h1-13H/b17-13-. The van der Waals surface area contributed by atoms with Gasteiger partial charge in [-0.1, -0.05) is 72.8 Å². The summed E-state index contributed by atoms with van der Waals surface area (Å²) >= 11 is 0. The van der Waals surface area contributed by atoms with Crippen molar-refractivity contribution in [1.29, 1.82) is 5.26 Å². The van der Waals surface area contributed by atoms with Crippen molar-refractivity contribution in [2.75, 3.05) is 0 Å². The summed E-state index contributed by atoms with van der Waals surface area (Å²) < 4.78 is 0. The van der Waals surface area contributed by atoms with Crippen LogP contribution >= 0.6 is 0 Å². The second-order valence-corrected chi connectivity index (χ2v) is 4.61. The van der Waals surface area contributed by atoms with Gasteiger partial charge >= 0.3 is 0 Å². The Bertz CT molecular complexity index is 803. The van der Waals surface area contributed by atoms with Crippen LogP contribution in [-0.4, -0.2) is 0 Å². The molecule has 0 aliphatic heterocycles. The average molecular weight is 255 g/mol. The second kappa shape index (κ2) is 5.42. The second-order valence-electron chi connectivity index (χ2n) is 4.61. The van der Waals surface area contributed by atoms with Crippen molar-refractivity contribution in [3.05, 3.63) is 83.9 Å². The molecule has 0 aromatic heterocycles. The Morgan fingerprint density at radius 3 is 2.30 bits per heavy atom. The zero-order chi connectivity index (χ0) is 13.8. The van der Waals surface area contributed by atoms with Crippen LogP contribution in [-0.2, 0) is 0 Å². The van der Waals surface area contributed by atoms with Crippen molar-refractivity contribution in [3.8, 4) is 6.07 Å². The molecule has 0 heterocycles. The van der Waals surface area contributed by atoms with E-state index in [9.17, 15) is 5.26 Å². The predicted octanol–water partition coefficient (Wildman–Crippen LogP) is 4.90. The molecule has 0 spiro atoms. The van der Waals surface area contributed by atoms with E-state index in [0.717, 1.165) is 21.9 Å². The molecule has 0 atom stereocenters. The van der Waals surface area contributed by atoms with E-state index >= 15 is 0 Å². The molecule has 0 bridgehead atoms. The van der Waals surface area contributed by atoms with Crippen LogP contribution in [0.4, 0.5) is 0 Å². The van der Waals surface area contributed by atoms with E-state index in [0.29, 0.717) is 5.57 Å². The maximum absolute atomic E-state index is 9.48. The quantitative estimate of drug-likeness (QED) is 0.471. The van der Waals surface area contributed by atoms with Gasteiger partial charge in [0.05, 0.1) is 11.6 Å². The summed E-state index contributed by atoms with van der Waals surface area (Å²) in [6.07, 6.45) is 1.93. The summed E-state index contributed by atoms with van der Waals surface area (Å²) in [4.78, 5) is 0. The summed E-state index contributed by atoms with van der Waals surface area (Å²) in [5.74, 6) is 0. The summed E-state index contributed by atoms with van der Waals surface area (Å²) in [5, 5.41) is 11.7. The molecule has 0 unspecified atom stereocenters. The number of hydrogen-bond acceptors (Lipinski definition) is 1. The highest BCUT2D eigenvalue weighted by atomic mass is 14.3. The van der Waals surface area contributed by atoms with Crippen molar-refractivity contribution >= 4 is 22.4 Å². The fourth-order valence-electron chi connectivity index (χ4n) is 2.35. The zero-order valence-electron chi connectivity index (χ0n) is 11.0. The Hall–Kier alpha value is -2.85. The largest absolute Gasteiger partial charge is 0.192 e. The molecule has 94 valence electrons. The molecule has 0 saturated carbocycles. The first-order valence-electron chi connectivity index (χ1n) is 6.53. The number of rotatable bonds is 2. The zero-order valence-corrected chi connectivity index (χ0v) is 11.0. The SMILES string of the molecule is N#C/C(=C/c1ccccc1)c1cccc2ccccc12. The summed E-state index contributed by atoms with van der Waals surface area (Å²) in [6.45, 7) is 0. The van der Waals surface area contributed by atoms with Gasteiger partial charge in [-0.15, -0.1) is 0 Å². The van der Waals surface area contributed by atoms with Crippen LogP contribution in [0.5, 0.6) is 0 Å². The third-order valence-corrected chi connectivity index (χ3v) is 3.31. The van der Waals surface area contributed by atoms with Crippen LogP contribution in [0.15, 0.2) is 72.8 Å². The minimum Gasteiger partial charge on any atom is -0.192 e. The molecule has 0 amide bonds. The molecule has 0 fully saturated rings. The van der Waals surface area contributed by atoms with Gasteiger partial charge in [-0.3, -0.25) is 0 Å². The lowest BCUT2D eigenvalue weighted by molar-refractivity contribution is 1.53. The van der Waals surface area contributed by atoms with E-state index < -0.39 is 0 Å². The lowest BCUT2D eigenvalue weighted by atomic mass is 9.97. The number of fused-ring (bicyclic) bond motifs is 1. The van der Waals surface area contributed by atoms with Crippen LogP contribution < -0.4 is 0 Å². The summed E-state index contributed by atoms with van der Waals surface area (Å²) in [5.41, 5.74) is 2.71. The van der Waals surface area contributed by atoms with Crippen LogP contribution in [0.3, 0.4) is 0 Å². The first kappa shape index (κ1) is 12.2. The maximum Gasteiger partial charge on any atom is 0.0998 e. The number of benzene rings is 3. The molecule has 20 heavy (non-hydrogen) atoms. The highest BCUT2D eigenvalue weighted by Gasteiger charge is 2.05. The molecule has 0 aliphatic rings. The normalized spacial score (nSPS) is 11.2. The van der Waals surface area contributed by atoms with Crippen molar-refractivity contribution in [3.63, 3.8) is 0 Å². The van der Waals surface area contributed by atoms with Gasteiger partial charge in [0, 0.05) is 5.56 Å². The van der Waals surface area contributed by atoms with E-state index in [2.05, 4.69) is 24.3 Å². The van der Waals surface area contributed by atoms with Gasteiger partial charge in [0.2, 0.25) is 0 Å². The lowest BCUT2D eigenvalue weighted by Crippen LogP contribution is -1.85. The maximum atomic E-state index is 9.48. The number of nitriles is 1. The first-order chi connectivity index (χ1) is 9.88. The van der Waals surface area contributed by atoms with E-state index in [4.69, 9.17) is 0 Å². The van der Waals surface area contributed by atoms with E-state index in [1.807, 2.05) is 60.7 Å². The topological polar surface area (TPSA) is 23.8 Å². The van der Waals surface area contributed by atoms with Crippen molar-refractivity contribution < 1.29 is 0 Å². The van der Waals surface area contributed by atoms with Crippen molar-refractivity contribution in [1.82, 2.24) is 0 Å². The fraction of sp³-hybridized carbons (Fsp3) is 0. The van der Waals surface area contributed by atoms with Crippen LogP contribution in [0.25, 0.3) is 22.4 Å². The monoisotopic (exact) mass is 255 g/mol. The van der Waals surface area contributed by atoms with Gasteiger partial charge in [0.15, 0.2) is 0 Å². The third-order valence-electron chi connectivity index (χ3n) is 3.31. The Labute approximate surface area is 118 Å². The molecular weight excluding hydrogens is 242 g/mol. The third kappa shape index (κ3) is 2.32. The molecule has 0 saturated heterocycles. The van der Waals surface area contributed by atoms with Gasteiger partial charge in [-0.25, -0.2) is 0 Å². The number of hydrogen-bond donors (Lipinski definition) is 0. The number of allylic oxidation sites excluding steroid dienone is 1.